The molecule has 134 valence electrons. The third kappa shape index (κ3) is 3.54. The molecule has 3 heterocycles. The van der Waals surface area contributed by atoms with Gasteiger partial charge in [0.15, 0.2) is 0 Å². The first kappa shape index (κ1) is 16.9. The largest absolute Gasteiger partial charge is 0.383 e. The normalized spacial score (nSPS) is 17.2. The van der Waals surface area contributed by atoms with Crippen LogP contribution >= 0.6 is 0 Å². The molecule has 26 heavy (non-hydrogen) atoms. The molecule has 0 saturated carbocycles. The number of hydrogen-bond donors (Lipinski definition) is 0. The molecule has 3 aromatic rings. The quantitative estimate of drug-likeness (QED) is 0.687. The highest BCUT2D eigenvalue weighted by Gasteiger charge is 2.29. The zero-order chi connectivity index (χ0) is 17.8. The Labute approximate surface area is 154 Å². The van der Waals surface area contributed by atoms with Crippen LogP contribution < -0.4 is 0 Å². The second-order valence-corrected chi connectivity index (χ2v) is 6.71. The number of aromatic nitrogens is 3. The maximum absolute atomic E-state index is 5.26. The van der Waals surface area contributed by atoms with Gasteiger partial charge in [-0.15, -0.1) is 0 Å². The predicted octanol–water partition coefficient (Wildman–Crippen LogP) is 3.07. The summed E-state index contributed by atoms with van der Waals surface area (Å²) in [5.74, 6) is 1.37. The molecule has 0 N–H and O–H groups in total. The maximum atomic E-state index is 5.26. The van der Waals surface area contributed by atoms with Crippen LogP contribution in [0.2, 0.25) is 0 Å². The molecule has 0 saturated heterocycles. The number of imidazole rings is 1. The Kier molecular flexibility index (Phi) is 5.09. The molecule has 0 aliphatic carbocycles. The van der Waals surface area contributed by atoms with E-state index in [9.17, 15) is 0 Å². The lowest BCUT2D eigenvalue weighted by molar-refractivity contribution is 0.184. The molecule has 0 bridgehead atoms. The van der Waals surface area contributed by atoms with Crippen LogP contribution in [0.3, 0.4) is 0 Å². The van der Waals surface area contributed by atoms with Gasteiger partial charge in [0.25, 0.3) is 0 Å². The summed E-state index contributed by atoms with van der Waals surface area (Å²) >= 11 is 0. The van der Waals surface area contributed by atoms with Crippen LogP contribution in [0.1, 0.15) is 28.6 Å². The molecule has 5 nitrogen and oxygen atoms in total. The molecular formula is C21H24N4O. The minimum absolute atomic E-state index is 0.260. The van der Waals surface area contributed by atoms with Gasteiger partial charge in [0.1, 0.15) is 5.82 Å². The summed E-state index contributed by atoms with van der Waals surface area (Å²) in [6, 6.07) is 14.8. The Morgan fingerprint density at radius 1 is 1.08 bits per heavy atom. The molecule has 0 fully saturated rings. The average molecular weight is 348 g/mol. The van der Waals surface area contributed by atoms with Gasteiger partial charge in [0.2, 0.25) is 0 Å². The summed E-state index contributed by atoms with van der Waals surface area (Å²) in [5.41, 5.74) is 3.86. The highest BCUT2D eigenvalue weighted by molar-refractivity contribution is 5.37. The van der Waals surface area contributed by atoms with Crippen molar-refractivity contribution < 1.29 is 4.74 Å². The van der Waals surface area contributed by atoms with E-state index in [1.54, 1.807) is 7.11 Å². The number of methoxy groups -OCH3 is 1. The highest BCUT2D eigenvalue weighted by atomic mass is 16.5. The predicted molar refractivity (Wildman–Crippen MR) is 101 cm³/mol. The molecule has 1 aliphatic rings. The number of ether oxygens (including phenoxy) is 1. The van der Waals surface area contributed by atoms with E-state index in [0.717, 1.165) is 37.7 Å². The summed E-state index contributed by atoms with van der Waals surface area (Å²) in [5, 5.41) is 0. The topological polar surface area (TPSA) is 43.2 Å². The van der Waals surface area contributed by atoms with E-state index < -0.39 is 0 Å². The van der Waals surface area contributed by atoms with Crippen molar-refractivity contribution >= 4 is 0 Å². The SMILES string of the molecule is COCCn1ccnc1[C@@H]1CN(Cc2ccccn2)Cc2ccccc21. The van der Waals surface area contributed by atoms with E-state index in [1.165, 1.54) is 11.1 Å². The number of fused-ring (bicyclic) bond motifs is 1. The Morgan fingerprint density at radius 2 is 1.96 bits per heavy atom. The van der Waals surface area contributed by atoms with E-state index in [-0.39, 0.29) is 5.92 Å². The van der Waals surface area contributed by atoms with E-state index in [0.29, 0.717) is 6.61 Å². The second kappa shape index (κ2) is 7.81. The van der Waals surface area contributed by atoms with Crippen LogP contribution in [-0.4, -0.2) is 39.7 Å². The van der Waals surface area contributed by atoms with E-state index in [2.05, 4.69) is 57.0 Å². The summed E-state index contributed by atoms with van der Waals surface area (Å²) in [4.78, 5) is 11.7. The van der Waals surface area contributed by atoms with Gasteiger partial charge in [-0.05, 0) is 23.3 Å². The molecule has 0 spiro atoms. The summed E-state index contributed by atoms with van der Waals surface area (Å²) in [6.07, 6.45) is 5.81. The highest BCUT2D eigenvalue weighted by Crippen LogP contribution is 2.33. The Balaban J connectivity index is 1.64. The molecular weight excluding hydrogens is 324 g/mol. The van der Waals surface area contributed by atoms with Gasteiger partial charge in [0.05, 0.1) is 18.2 Å². The van der Waals surface area contributed by atoms with Gasteiger partial charge < -0.3 is 9.30 Å². The molecule has 0 radical (unpaired) electrons. The first-order valence-corrected chi connectivity index (χ1v) is 9.05. The Morgan fingerprint density at radius 3 is 2.81 bits per heavy atom. The number of rotatable bonds is 6. The molecule has 2 aromatic heterocycles. The Bertz CT molecular complexity index is 846. The fourth-order valence-electron chi connectivity index (χ4n) is 3.75. The molecule has 1 atom stereocenters. The minimum Gasteiger partial charge on any atom is -0.383 e. The van der Waals surface area contributed by atoms with Crippen LogP contribution in [0.5, 0.6) is 0 Å². The van der Waals surface area contributed by atoms with Crippen LogP contribution in [0.25, 0.3) is 0 Å². The van der Waals surface area contributed by atoms with Crippen molar-refractivity contribution in [2.75, 3.05) is 20.3 Å². The number of benzene rings is 1. The van der Waals surface area contributed by atoms with E-state index in [4.69, 9.17) is 9.72 Å². The first-order chi connectivity index (χ1) is 12.8. The first-order valence-electron chi connectivity index (χ1n) is 9.05. The van der Waals surface area contributed by atoms with Crippen molar-refractivity contribution in [3.63, 3.8) is 0 Å². The van der Waals surface area contributed by atoms with Gasteiger partial charge in [-0.1, -0.05) is 30.3 Å². The van der Waals surface area contributed by atoms with Crippen molar-refractivity contribution in [3.8, 4) is 0 Å². The lowest BCUT2D eigenvalue weighted by Crippen LogP contribution is -2.35. The fraction of sp³-hybridized carbons (Fsp3) is 0.333. The van der Waals surface area contributed by atoms with Crippen molar-refractivity contribution in [3.05, 3.63) is 83.7 Å². The standard InChI is InChI=1S/C21H24N4O/c1-26-13-12-25-11-10-23-21(25)20-16-24(15-18-7-4-5-9-22-18)14-17-6-2-3-8-19(17)20/h2-11,20H,12-16H2,1H3/t20-/m1/s1. The third-order valence-corrected chi connectivity index (χ3v) is 4.97. The average Bonchev–Trinajstić information content (AvgIpc) is 3.15. The van der Waals surface area contributed by atoms with Crippen molar-refractivity contribution in [2.45, 2.75) is 25.6 Å². The van der Waals surface area contributed by atoms with E-state index in [1.807, 2.05) is 18.5 Å². The zero-order valence-corrected chi connectivity index (χ0v) is 15.1. The fourth-order valence-corrected chi connectivity index (χ4v) is 3.75. The minimum atomic E-state index is 0.260. The van der Waals surface area contributed by atoms with Crippen LogP contribution in [0.15, 0.2) is 61.1 Å². The van der Waals surface area contributed by atoms with Crippen molar-refractivity contribution in [1.29, 1.82) is 0 Å². The summed E-state index contributed by atoms with van der Waals surface area (Å²) in [7, 11) is 1.74. The summed E-state index contributed by atoms with van der Waals surface area (Å²) < 4.78 is 7.48. The van der Waals surface area contributed by atoms with Gasteiger partial charge in [-0.2, -0.15) is 0 Å². The van der Waals surface area contributed by atoms with E-state index >= 15 is 0 Å². The van der Waals surface area contributed by atoms with Gasteiger partial charge in [-0.25, -0.2) is 4.98 Å². The molecule has 0 unspecified atom stereocenters. The Hall–Kier alpha value is -2.50. The zero-order valence-electron chi connectivity index (χ0n) is 15.1. The lowest BCUT2D eigenvalue weighted by atomic mass is 9.89. The number of hydrogen-bond acceptors (Lipinski definition) is 4. The number of nitrogens with zero attached hydrogens (tertiary/aromatic N) is 4. The molecule has 1 aromatic carbocycles. The van der Waals surface area contributed by atoms with Gasteiger partial charge in [-0.3, -0.25) is 9.88 Å². The molecule has 4 rings (SSSR count). The number of pyridine rings is 1. The van der Waals surface area contributed by atoms with Crippen LogP contribution in [0.4, 0.5) is 0 Å². The van der Waals surface area contributed by atoms with Crippen LogP contribution in [-0.2, 0) is 24.4 Å². The molecule has 5 heteroatoms. The second-order valence-electron chi connectivity index (χ2n) is 6.71. The molecule has 0 amide bonds. The van der Waals surface area contributed by atoms with Crippen LogP contribution in [0, 0.1) is 0 Å². The lowest BCUT2D eigenvalue weighted by Gasteiger charge is -2.34. The smallest absolute Gasteiger partial charge is 0.117 e. The van der Waals surface area contributed by atoms with Crippen molar-refractivity contribution in [2.24, 2.45) is 0 Å². The van der Waals surface area contributed by atoms with Gasteiger partial charge in [0, 0.05) is 51.9 Å². The third-order valence-electron chi connectivity index (χ3n) is 4.97. The molecule has 1 aliphatic heterocycles. The maximum Gasteiger partial charge on any atom is 0.117 e. The monoisotopic (exact) mass is 348 g/mol. The summed E-state index contributed by atoms with van der Waals surface area (Å²) in [6.45, 7) is 4.25. The van der Waals surface area contributed by atoms with Crippen molar-refractivity contribution in [1.82, 2.24) is 19.4 Å². The van der Waals surface area contributed by atoms with Gasteiger partial charge >= 0.3 is 0 Å².